The SMILES string of the molecule is CCOC(=O)Cc1c(C(=O)OCC)c2cc(O)ccc2n1-c1ccc(OC(F)(F)F)cc1. The molecule has 0 unspecified atom stereocenters. The van der Waals surface area contributed by atoms with E-state index in [9.17, 15) is 27.9 Å². The maximum Gasteiger partial charge on any atom is 0.573 e. The highest BCUT2D eigenvalue weighted by atomic mass is 19.4. The Kier molecular flexibility index (Phi) is 6.61. The van der Waals surface area contributed by atoms with Gasteiger partial charge in [0.05, 0.1) is 30.7 Å². The largest absolute Gasteiger partial charge is 0.573 e. The lowest BCUT2D eigenvalue weighted by Crippen LogP contribution is -2.17. The molecular weight excluding hydrogens is 431 g/mol. The molecule has 0 aliphatic rings. The van der Waals surface area contributed by atoms with E-state index in [1.165, 1.54) is 34.9 Å². The number of aromatic hydroxyl groups is 1. The van der Waals surface area contributed by atoms with Crippen molar-refractivity contribution in [2.24, 2.45) is 0 Å². The summed E-state index contributed by atoms with van der Waals surface area (Å²) in [7, 11) is 0. The smallest absolute Gasteiger partial charge is 0.508 e. The minimum absolute atomic E-state index is 0.0569. The lowest BCUT2D eigenvalue weighted by Gasteiger charge is -2.13. The Morgan fingerprint density at radius 3 is 2.25 bits per heavy atom. The molecule has 0 atom stereocenters. The highest BCUT2D eigenvalue weighted by Gasteiger charge is 2.31. The first-order valence-corrected chi connectivity index (χ1v) is 9.69. The molecule has 1 aromatic heterocycles. The van der Waals surface area contributed by atoms with Gasteiger partial charge in [-0.3, -0.25) is 4.79 Å². The lowest BCUT2D eigenvalue weighted by molar-refractivity contribution is -0.274. The van der Waals surface area contributed by atoms with Crippen molar-refractivity contribution < 1.29 is 42.1 Å². The van der Waals surface area contributed by atoms with Gasteiger partial charge in [0.25, 0.3) is 0 Å². The van der Waals surface area contributed by atoms with Gasteiger partial charge in [0.15, 0.2) is 0 Å². The van der Waals surface area contributed by atoms with Gasteiger partial charge in [0.2, 0.25) is 0 Å². The third-order valence-corrected chi connectivity index (χ3v) is 4.47. The van der Waals surface area contributed by atoms with Gasteiger partial charge in [-0.2, -0.15) is 0 Å². The van der Waals surface area contributed by atoms with Crippen molar-refractivity contribution in [3.63, 3.8) is 0 Å². The average molecular weight is 451 g/mol. The summed E-state index contributed by atoms with van der Waals surface area (Å²) in [5, 5.41) is 10.3. The van der Waals surface area contributed by atoms with E-state index in [-0.39, 0.29) is 36.6 Å². The molecule has 1 N–H and O–H groups in total. The number of hydrogen-bond donors (Lipinski definition) is 1. The molecule has 0 bridgehead atoms. The number of benzene rings is 2. The number of rotatable bonds is 7. The van der Waals surface area contributed by atoms with Crippen LogP contribution in [0.1, 0.15) is 29.9 Å². The number of nitrogens with zero attached hydrogens (tertiary/aromatic N) is 1. The van der Waals surface area contributed by atoms with Crippen LogP contribution in [0.3, 0.4) is 0 Å². The predicted octanol–water partition coefficient (Wildman–Crippen LogP) is 4.52. The summed E-state index contributed by atoms with van der Waals surface area (Å²) < 4.78 is 53.1. The summed E-state index contributed by atoms with van der Waals surface area (Å²) in [5.41, 5.74) is 1.08. The Morgan fingerprint density at radius 1 is 1.00 bits per heavy atom. The van der Waals surface area contributed by atoms with Crippen molar-refractivity contribution in [1.82, 2.24) is 4.57 Å². The highest BCUT2D eigenvalue weighted by molar-refractivity contribution is 6.07. The molecule has 2 aromatic carbocycles. The van der Waals surface area contributed by atoms with E-state index in [0.717, 1.165) is 12.1 Å². The van der Waals surface area contributed by atoms with Gasteiger partial charge in [-0.05, 0) is 56.3 Å². The number of fused-ring (bicyclic) bond motifs is 1. The van der Waals surface area contributed by atoms with Gasteiger partial charge < -0.3 is 23.9 Å². The number of phenolic OH excluding ortho intramolecular Hbond substituents is 1. The van der Waals surface area contributed by atoms with Gasteiger partial charge in [-0.1, -0.05) is 0 Å². The number of hydrogen-bond acceptors (Lipinski definition) is 6. The zero-order valence-electron chi connectivity index (χ0n) is 17.2. The second-order valence-corrected chi connectivity index (χ2v) is 6.60. The van der Waals surface area contributed by atoms with Crippen molar-refractivity contribution in [1.29, 1.82) is 0 Å². The summed E-state index contributed by atoms with van der Waals surface area (Å²) in [4.78, 5) is 25.1. The fraction of sp³-hybridized carbons (Fsp3) is 0.273. The molecule has 0 aliphatic carbocycles. The van der Waals surface area contributed by atoms with Gasteiger partial charge in [0, 0.05) is 16.8 Å². The Balaban J connectivity index is 2.23. The van der Waals surface area contributed by atoms with Crippen LogP contribution in [-0.4, -0.2) is 41.2 Å². The van der Waals surface area contributed by atoms with Gasteiger partial charge in [-0.15, -0.1) is 13.2 Å². The second kappa shape index (κ2) is 9.21. The van der Waals surface area contributed by atoms with Crippen molar-refractivity contribution in [2.75, 3.05) is 13.2 Å². The molecule has 1 heterocycles. The zero-order valence-corrected chi connectivity index (χ0v) is 17.2. The quantitative estimate of drug-likeness (QED) is 0.532. The zero-order chi connectivity index (χ0) is 23.5. The molecular formula is C22H20F3NO6. The average Bonchev–Trinajstić information content (AvgIpc) is 3.00. The van der Waals surface area contributed by atoms with E-state index >= 15 is 0 Å². The topological polar surface area (TPSA) is 87.0 Å². The minimum atomic E-state index is -4.84. The minimum Gasteiger partial charge on any atom is -0.508 e. The van der Waals surface area contributed by atoms with Gasteiger partial charge >= 0.3 is 18.3 Å². The normalized spacial score (nSPS) is 11.4. The molecule has 7 nitrogen and oxygen atoms in total. The Morgan fingerprint density at radius 2 is 1.66 bits per heavy atom. The molecule has 0 amide bonds. The van der Waals surface area contributed by atoms with Crippen LogP contribution in [0, 0.1) is 0 Å². The third kappa shape index (κ3) is 4.96. The maximum absolute atomic E-state index is 12.8. The number of aromatic nitrogens is 1. The van der Waals surface area contributed by atoms with Crippen LogP contribution in [0.15, 0.2) is 42.5 Å². The Bertz CT molecular complexity index is 1140. The molecule has 3 aromatic rings. The summed E-state index contributed by atoms with van der Waals surface area (Å²) in [6, 6.07) is 9.23. The number of ether oxygens (including phenoxy) is 3. The van der Waals surface area contributed by atoms with Crippen molar-refractivity contribution >= 4 is 22.8 Å². The van der Waals surface area contributed by atoms with Crippen LogP contribution in [0.5, 0.6) is 11.5 Å². The second-order valence-electron chi connectivity index (χ2n) is 6.60. The molecule has 0 spiro atoms. The van der Waals surface area contributed by atoms with Crippen LogP contribution in [0.2, 0.25) is 0 Å². The van der Waals surface area contributed by atoms with E-state index in [1.807, 2.05) is 0 Å². The summed E-state index contributed by atoms with van der Waals surface area (Å²) in [6.07, 6.45) is -5.15. The van der Waals surface area contributed by atoms with Crippen molar-refractivity contribution in [3.8, 4) is 17.2 Å². The van der Waals surface area contributed by atoms with Crippen molar-refractivity contribution in [3.05, 3.63) is 53.7 Å². The predicted molar refractivity (Wildman–Crippen MR) is 108 cm³/mol. The molecule has 170 valence electrons. The van der Waals surface area contributed by atoms with Crippen molar-refractivity contribution in [2.45, 2.75) is 26.6 Å². The highest BCUT2D eigenvalue weighted by Crippen LogP contribution is 2.34. The molecule has 0 radical (unpaired) electrons. The van der Waals surface area contributed by atoms with Gasteiger partial charge in [-0.25, -0.2) is 4.79 Å². The molecule has 32 heavy (non-hydrogen) atoms. The van der Waals surface area contributed by atoms with Gasteiger partial charge in [0.1, 0.15) is 11.5 Å². The first kappa shape index (κ1) is 23.0. The number of esters is 2. The van der Waals surface area contributed by atoms with Crippen LogP contribution in [0.4, 0.5) is 13.2 Å². The van der Waals surface area contributed by atoms with Crippen LogP contribution in [-0.2, 0) is 20.7 Å². The molecule has 0 saturated heterocycles. The third-order valence-electron chi connectivity index (χ3n) is 4.47. The standard InChI is InChI=1S/C22H20F3NO6/c1-3-30-19(28)12-18-20(21(29)31-4-2)16-11-14(27)7-10-17(16)26(18)13-5-8-15(9-6-13)32-22(23,24)25/h5-11,27H,3-4,12H2,1-2H3. The lowest BCUT2D eigenvalue weighted by atomic mass is 10.1. The Hall–Kier alpha value is -3.69. The fourth-order valence-corrected chi connectivity index (χ4v) is 3.37. The first-order chi connectivity index (χ1) is 15.1. The van der Waals surface area contributed by atoms with E-state index in [4.69, 9.17) is 9.47 Å². The van der Waals surface area contributed by atoms with E-state index in [1.54, 1.807) is 13.8 Å². The van der Waals surface area contributed by atoms with E-state index in [2.05, 4.69) is 4.74 Å². The number of halogens is 3. The van der Waals surface area contributed by atoms with E-state index < -0.39 is 24.1 Å². The maximum atomic E-state index is 12.8. The fourth-order valence-electron chi connectivity index (χ4n) is 3.37. The van der Waals surface area contributed by atoms with Crippen LogP contribution < -0.4 is 4.74 Å². The summed E-state index contributed by atoms with van der Waals surface area (Å²) >= 11 is 0. The summed E-state index contributed by atoms with van der Waals surface area (Å²) in [6.45, 7) is 3.46. The van der Waals surface area contributed by atoms with Crippen LogP contribution >= 0.6 is 0 Å². The molecule has 0 saturated carbocycles. The molecule has 3 rings (SSSR count). The first-order valence-electron chi connectivity index (χ1n) is 9.69. The number of phenols is 1. The van der Waals surface area contributed by atoms with Crippen LogP contribution in [0.25, 0.3) is 16.6 Å². The summed E-state index contributed by atoms with van der Waals surface area (Å²) in [5.74, 6) is -1.86. The Labute approximate surface area is 180 Å². The monoisotopic (exact) mass is 451 g/mol. The molecule has 10 heteroatoms. The molecule has 0 fully saturated rings. The number of carbonyl (C=O) groups excluding carboxylic acids is 2. The number of alkyl halides is 3. The number of carbonyl (C=O) groups is 2. The molecule has 0 aliphatic heterocycles. The van der Waals surface area contributed by atoms with E-state index in [0.29, 0.717) is 16.6 Å².